The molecule has 2 nitrogen and oxygen atoms in total. The summed E-state index contributed by atoms with van der Waals surface area (Å²) in [6.45, 7) is -6.24. The number of benzene rings is 1. The summed E-state index contributed by atoms with van der Waals surface area (Å²) in [4.78, 5) is 11.3. The van der Waals surface area contributed by atoms with Crippen LogP contribution in [-0.2, 0) is 10.2 Å². The van der Waals surface area contributed by atoms with Crippen LogP contribution in [0, 0.1) is 0 Å². The van der Waals surface area contributed by atoms with Crippen LogP contribution in [0.15, 0.2) is 18.2 Å². The standard InChI is InChI=1S/C15H15BF6NO/c17-15(18,19)7-23-13-5-9(10-6-12(10)16(20,21)22)1-2-11(13)14(8-24)3-4-14/h1-2,5,8,10,12,23H,3-4,6-7H2/q-1/t10-,12+/m1/s1. The number of carbonyl (C=O) groups is 1. The Bertz CT molecular complexity index is 652. The highest BCUT2D eigenvalue weighted by Gasteiger charge is 2.52. The van der Waals surface area contributed by atoms with Crippen LogP contribution < -0.4 is 5.32 Å². The van der Waals surface area contributed by atoms with Gasteiger partial charge in [-0.3, -0.25) is 0 Å². The number of hydrogen-bond acceptors (Lipinski definition) is 2. The van der Waals surface area contributed by atoms with Crippen LogP contribution in [0.2, 0.25) is 5.82 Å². The summed E-state index contributed by atoms with van der Waals surface area (Å²) in [5.74, 6) is -2.08. The van der Waals surface area contributed by atoms with Gasteiger partial charge in [-0.15, -0.1) is 0 Å². The molecule has 0 spiro atoms. The van der Waals surface area contributed by atoms with Gasteiger partial charge in [0.15, 0.2) is 0 Å². The van der Waals surface area contributed by atoms with Gasteiger partial charge in [0.25, 0.3) is 0 Å². The molecule has 2 atom stereocenters. The lowest BCUT2D eigenvalue weighted by atomic mass is 9.80. The van der Waals surface area contributed by atoms with Crippen LogP contribution in [0.3, 0.4) is 0 Å². The molecule has 0 unspecified atom stereocenters. The fourth-order valence-corrected chi connectivity index (χ4v) is 3.17. The van der Waals surface area contributed by atoms with Crippen LogP contribution in [0.25, 0.3) is 0 Å². The van der Waals surface area contributed by atoms with Crippen molar-refractivity contribution in [3.63, 3.8) is 0 Å². The van der Waals surface area contributed by atoms with Gasteiger partial charge in [0.05, 0.1) is 5.41 Å². The first-order valence-electron chi connectivity index (χ1n) is 7.67. The molecule has 24 heavy (non-hydrogen) atoms. The third-order valence-electron chi connectivity index (χ3n) is 4.83. The molecule has 1 aromatic carbocycles. The topological polar surface area (TPSA) is 29.1 Å². The van der Waals surface area contributed by atoms with E-state index in [-0.39, 0.29) is 12.1 Å². The molecular formula is C15H15BF6NO-. The highest BCUT2D eigenvalue weighted by Crippen LogP contribution is 2.60. The fraction of sp³-hybridized carbons (Fsp3) is 0.533. The molecule has 0 heterocycles. The van der Waals surface area contributed by atoms with Crippen molar-refractivity contribution in [3.05, 3.63) is 29.3 Å². The van der Waals surface area contributed by atoms with E-state index in [1.165, 1.54) is 18.2 Å². The summed E-state index contributed by atoms with van der Waals surface area (Å²) in [6.07, 6.45) is -2.70. The maximum atomic E-state index is 12.8. The van der Waals surface area contributed by atoms with E-state index in [2.05, 4.69) is 5.32 Å². The predicted molar refractivity (Wildman–Crippen MR) is 78.1 cm³/mol. The number of hydrogen-bond donors (Lipinski definition) is 1. The SMILES string of the molecule is O=CC1(c2ccc([C@H]3C[C@@H]3[B-](F)(F)F)cc2NCC(F)(F)F)CC1. The first kappa shape index (κ1) is 17.2. The molecule has 0 aromatic heterocycles. The van der Waals surface area contributed by atoms with Crippen LogP contribution in [0.1, 0.15) is 36.3 Å². The van der Waals surface area contributed by atoms with E-state index in [9.17, 15) is 30.9 Å². The average molecular weight is 350 g/mol. The molecule has 132 valence electrons. The second-order valence-corrected chi connectivity index (χ2v) is 6.68. The zero-order valence-electron chi connectivity index (χ0n) is 12.5. The van der Waals surface area contributed by atoms with E-state index in [0.29, 0.717) is 30.3 Å². The molecule has 0 radical (unpaired) electrons. The predicted octanol–water partition coefficient (Wildman–Crippen LogP) is 4.60. The number of alkyl halides is 3. The maximum Gasteiger partial charge on any atom is 0.481 e. The normalized spacial score (nSPS) is 25.2. The van der Waals surface area contributed by atoms with E-state index in [0.717, 1.165) is 0 Å². The largest absolute Gasteiger partial charge is 0.481 e. The lowest BCUT2D eigenvalue weighted by molar-refractivity contribution is -0.115. The highest BCUT2D eigenvalue weighted by atomic mass is 19.4. The van der Waals surface area contributed by atoms with Gasteiger partial charge in [-0.2, -0.15) is 13.2 Å². The fourth-order valence-electron chi connectivity index (χ4n) is 3.17. The van der Waals surface area contributed by atoms with Gasteiger partial charge in [0.1, 0.15) is 12.8 Å². The van der Waals surface area contributed by atoms with E-state index in [4.69, 9.17) is 0 Å². The molecule has 2 aliphatic carbocycles. The molecule has 1 N–H and O–H groups in total. The Kier molecular flexibility index (Phi) is 3.88. The van der Waals surface area contributed by atoms with Crippen LogP contribution in [0.4, 0.5) is 31.8 Å². The summed E-state index contributed by atoms with van der Waals surface area (Å²) < 4.78 is 75.7. The van der Waals surface area contributed by atoms with Crippen molar-refractivity contribution < 1.29 is 30.9 Å². The van der Waals surface area contributed by atoms with Crippen LogP contribution in [0.5, 0.6) is 0 Å². The van der Waals surface area contributed by atoms with Gasteiger partial charge in [0.2, 0.25) is 0 Å². The molecule has 0 bridgehead atoms. The lowest BCUT2D eigenvalue weighted by Gasteiger charge is -2.19. The zero-order chi connectivity index (χ0) is 17.8. The lowest BCUT2D eigenvalue weighted by Crippen LogP contribution is -2.23. The molecule has 3 rings (SSSR count). The van der Waals surface area contributed by atoms with Gasteiger partial charge in [-0.05, 0) is 36.0 Å². The molecule has 0 aliphatic heterocycles. The second-order valence-electron chi connectivity index (χ2n) is 6.68. The van der Waals surface area contributed by atoms with Gasteiger partial charge < -0.3 is 23.1 Å². The number of anilines is 1. The van der Waals surface area contributed by atoms with Crippen molar-refractivity contribution in [1.29, 1.82) is 0 Å². The number of halogens is 6. The van der Waals surface area contributed by atoms with E-state index in [1.54, 1.807) is 0 Å². The summed E-state index contributed by atoms with van der Waals surface area (Å²) in [7, 11) is 0. The van der Waals surface area contributed by atoms with Crippen molar-refractivity contribution in [3.8, 4) is 0 Å². The number of rotatable bonds is 6. The molecule has 2 aliphatic rings. The minimum atomic E-state index is -4.95. The smallest absolute Gasteiger partial charge is 0.449 e. The number of nitrogens with one attached hydrogen (secondary N) is 1. The van der Waals surface area contributed by atoms with Crippen molar-refractivity contribution in [2.45, 2.75) is 42.6 Å². The Hall–Kier alpha value is -1.67. The van der Waals surface area contributed by atoms with Crippen LogP contribution >= 0.6 is 0 Å². The summed E-state index contributed by atoms with van der Waals surface area (Å²) in [5.41, 5.74) is 0.105. The van der Waals surface area contributed by atoms with Crippen molar-refractivity contribution in [2.24, 2.45) is 0 Å². The maximum absolute atomic E-state index is 12.8. The minimum absolute atomic E-state index is 0.0274. The van der Waals surface area contributed by atoms with Crippen molar-refractivity contribution >= 4 is 19.0 Å². The molecular weight excluding hydrogens is 335 g/mol. The zero-order valence-corrected chi connectivity index (χ0v) is 12.5. The summed E-state index contributed by atoms with van der Waals surface area (Å²) in [6, 6.07) is 4.34. The second kappa shape index (κ2) is 5.42. The van der Waals surface area contributed by atoms with Gasteiger partial charge >= 0.3 is 13.2 Å². The Morgan fingerprint density at radius 3 is 2.38 bits per heavy atom. The third kappa shape index (κ3) is 3.39. The van der Waals surface area contributed by atoms with E-state index < -0.39 is 36.8 Å². The third-order valence-corrected chi connectivity index (χ3v) is 4.83. The Balaban J connectivity index is 1.87. The highest BCUT2D eigenvalue weighted by molar-refractivity contribution is 6.61. The Morgan fingerprint density at radius 2 is 1.92 bits per heavy atom. The molecule has 2 saturated carbocycles. The van der Waals surface area contributed by atoms with Gasteiger partial charge in [-0.25, -0.2) is 0 Å². The van der Waals surface area contributed by atoms with E-state index >= 15 is 0 Å². The van der Waals surface area contributed by atoms with Crippen molar-refractivity contribution in [2.75, 3.05) is 11.9 Å². The van der Waals surface area contributed by atoms with Gasteiger partial charge in [0, 0.05) is 5.69 Å². The number of aldehydes is 1. The summed E-state index contributed by atoms with van der Waals surface area (Å²) >= 11 is 0. The molecule has 0 saturated heterocycles. The Labute approximate surface area is 134 Å². The number of carbonyl (C=O) groups excluding carboxylic acids is 1. The average Bonchev–Trinajstić information content (AvgIpc) is 3.36. The van der Waals surface area contributed by atoms with E-state index in [1.807, 2.05) is 0 Å². The quantitative estimate of drug-likeness (QED) is 0.462. The minimum Gasteiger partial charge on any atom is -0.449 e. The monoisotopic (exact) mass is 350 g/mol. The molecule has 1 aromatic rings. The first-order valence-corrected chi connectivity index (χ1v) is 7.67. The summed E-state index contributed by atoms with van der Waals surface area (Å²) in [5, 5.41) is 2.25. The Morgan fingerprint density at radius 1 is 1.25 bits per heavy atom. The van der Waals surface area contributed by atoms with Crippen molar-refractivity contribution in [1.82, 2.24) is 0 Å². The molecule has 0 amide bonds. The molecule has 9 heteroatoms. The molecule has 2 fully saturated rings. The first-order chi connectivity index (χ1) is 11.1. The van der Waals surface area contributed by atoms with Crippen LogP contribution in [-0.4, -0.2) is 26.0 Å². The van der Waals surface area contributed by atoms with Gasteiger partial charge in [-0.1, -0.05) is 24.4 Å².